The second-order valence-corrected chi connectivity index (χ2v) is 6.26. The number of alkyl halides is 1. The Labute approximate surface area is 182 Å². The standard InChI is InChI=1S/C10H14O.C8H16FN.3CH4.Y/c1-8(2)9-5-4-6-10(7-9)11-3;1-7(2)10-5-3-4-8(9)6-10;;;;/h4-8H,1-3H3;7-8H,3-6H2,1-2H3;3*1H4;. The molecule has 0 spiro atoms. The van der Waals surface area contributed by atoms with E-state index in [2.05, 4.69) is 44.7 Å². The Balaban J connectivity index is -0.000000152. The molecule has 4 heteroatoms. The van der Waals surface area contributed by atoms with Gasteiger partial charge >= 0.3 is 0 Å². The Morgan fingerprint density at radius 1 is 1.12 bits per heavy atom. The van der Waals surface area contributed by atoms with E-state index in [1.54, 1.807) is 7.11 Å². The molecular formula is C21H42FNOY. The van der Waals surface area contributed by atoms with Crippen molar-refractivity contribution in [3.8, 4) is 5.75 Å². The summed E-state index contributed by atoms with van der Waals surface area (Å²) in [4.78, 5) is 2.20. The molecule has 0 bridgehead atoms. The third-order valence-electron chi connectivity index (χ3n) is 3.89. The van der Waals surface area contributed by atoms with Gasteiger partial charge in [-0.25, -0.2) is 4.39 Å². The first-order chi connectivity index (χ1) is 9.93. The summed E-state index contributed by atoms with van der Waals surface area (Å²) in [5, 5.41) is 0. The van der Waals surface area contributed by atoms with Gasteiger partial charge in [0.05, 0.1) is 7.11 Å². The summed E-state index contributed by atoms with van der Waals surface area (Å²) in [7, 11) is 1.69. The van der Waals surface area contributed by atoms with Gasteiger partial charge in [0.15, 0.2) is 0 Å². The van der Waals surface area contributed by atoms with Crippen molar-refractivity contribution in [2.75, 3.05) is 20.2 Å². The van der Waals surface area contributed by atoms with Gasteiger partial charge < -0.3 is 4.74 Å². The molecule has 1 aliphatic rings. The Kier molecular flexibility index (Phi) is 22.8. The Morgan fingerprint density at radius 2 is 1.72 bits per heavy atom. The zero-order valence-corrected chi connectivity index (χ0v) is 17.5. The number of rotatable bonds is 3. The maximum atomic E-state index is 12.8. The summed E-state index contributed by atoms with van der Waals surface area (Å²) in [6.45, 7) is 10.3. The van der Waals surface area contributed by atoms with Crippen LogP contribution >= 0.6 is 0 Å². The van der Waals surface area contributed by atoms with Crippen molar-refractivity contribution in [1.82, 2.24) is 4.90 Å². The number of nitrogens with zero attached hydrogens (tertiary/aromatic N) is 1. The van der Waals surface area contributed by atoms with Gasteiger partial charge in [-0.05, 0) is 56.8 Å². The van der Waals surface area contributed by atoms with Crippen molar-refractivity contribution in [3.63, 3.8) is 0 Å². The Bertz CT molecular complexity index is 413. The summed E-state index contributed by atoms with van der Waals surface area (Å²) >= 11 is 0. The molecule has 1 saturated heterocycles. The number of hydrogen-bond donors (Lipinski definition) is 0. The summed E-state index contributed by atoms with van der Waals surface area (Å²) < 4.78 is 17.9. The zero-order valence-electron chi connectivity index (χ0n) is 14.7. The molecule has 0 N–H and O–H groups in total. The molecule has 25 heavy (non-hydrogen) atoms. The van der Waals surface area contributed by atoms with Gasteiger partial charge in [0.2, 0.25) is 0 Å². The van der Waals surface area contributed by atoms with Gasteiger partial charge in [-0.15, -0.1) is 0 Å². The number of piperidine rings is 1. The molecule has 1 fully saturated rings. The largest absolute Gasteiger partial charge is 0.497 e. The van der Waals surface area contributed by atoms with Crippen LogP contribution in [0.4, 0.5) is 4.39 Å². The Morgan fingerprint density at radius 3 is 2.12 bits per heavy atom. The molecule has 0 amide bonds. The van der Waals surface area contributed by atoms with Crippen molar-refractivity contribution in [3.05, 3.63) is 29.8 Å². The van der Waals surface area contributed by atoms with Crippen LogP contribution < -0.4 is 4.74 Å². The van der Waals surface area contributed by atoms with E-state index in [9.17, 15) is 4.39 Å². The first-order valence-electron chi connectivity index (χ1n) is 7.96. The van der Waals surface area contributed by atoms with E-state index >= 15 is 0 Å². The van der Waals surface area contributed by atoms with Crippen LogP contribution in [0, 0.1) is 0 Å². The SMILES string of the molecule is C.C.C.CC(C)N1CCCC(F)C1.COc1cccc(C(C)C)c1.[Y]. The first-order valence-corrected chi connectivity index (χ1v) is 7.96. The van der Waals surface area contributed by atoms with Gasteiger partial charge in [-0.3, -0.25) is 4.90 Å². The first kappa shape index (κ1) is 32.7. The number of benzene rings is 1. The van der Waals surface area contributed by atoms with Crippen LogP contribution in [-0.4, -0.2) is 37.3 Å². The number of likely N-dealkylation sites (tertiary alicyclic amines) is 1. The van der Waals surface area contributed by atoms with Crippen LogP contribution in [0.2, 0.25) is 0 Å². The number of hydrogen-bond acceptors (Lipinski definition) is 2. The number of ether oxygens (including phenoxy) is 1. The van der Waals surface area contributed by atoms with Crippen LogP contribution in [0.15, 0.2) is 24.3 Å². The van der Waals surface area contributed by atoms with Crippen LogP contribution in [0.5, 0.6) is 5.75 Å². The summed E-state index contributed by atoms with van der Waals surface area (Å²) in [5.74, 6) is 1.52. The molecule has 1 aromatic rings. The third kappa shape index (κ3) is 12.9. The maximum Gasteiger partial charge on any atom is 0.119 e. The van der Waals surface area contributed by atoms with Crippen molar-refractivity contribution in [1.29, 1.82) is 0 Å². The van der Waals surface area contributed by atoms with E-state index < -0.39 is 6.17 Å². The van der Waals surface area contributed by atoms with Gasteiger partial charge in [-0.2, -0.15) is 0 Å². The molecule has 2 rings (SSSR count). The zero-order chi connectivity index (χ0) is 15.8. The van der Waals surface area contributed by atoms with E-state index in [0.29, 0.717) is 18.5 Å². The molecule has 1 aromatic carbocycles. The fourth-order valence-corrected chi connectivity index (χ4v) is 2.42. The average Bonchev–Trinajstić information content (AvgIpc) is 2.48. The van der Waals surface area contributed by atoms with E-state index in [1.807, 2.05) is 12.1 Å². The van der Waals surface area contributed by atoms with Gasteiger partial charge in [-0.1, -0.05) is 48.3 Å². The number of halogens is 1. The van der Waals surface area contributed by atoms with E-state index in [-0.39, 0.29) is 55.0 Å². The van der Waals surface area contributed by atoms with Crippen molar-refractivity contribution >= 4 is 0 Å². The molecule has 2 nitrogen and oxygen atoms in total. The molecule has 0 aromatic heterocycles. The minimum atomic E-state index is -0.573. The molecule has 1 heterocycles. The topological polar surface area (TPSA) is 12.5 Å². The molecule has 0 aliphatic carbocycles. The fourth-order valence-electron chi connectivity index (χ4n) is 2.42. The monoisotopic (exact) mass is 432 g/mol. The van der Waals surface area contributed by atoms with Crippen LogP contribution in [0.25, 0.3) is 0 Å². The molecule has 1 atom stereocenters. The molecular weight excluding hydrogens is 390 g/mol. The van der Waals surface area contributed by atoms with Crippen LogP contribution in [0.1, 0.15) is 74.3 Å². The second-order valence-electron chi connectivity index (χ2n) is 6.26. The third-order valence-corrected chi connectivity index (χ3v) is 3.89. The predicted molar refractivity (Wildman–Crippen MR) is 108 cm³/mol. The molecule has 1 unspecified atom stereocenters. The normalized spacial score (nSPS) is 16.2. The van der Waals surface area contributed by atoms with Crippen molar-refractivity contribution < 1.29 is 41.8 Å². The van der Waals surface area contributed by atoms with Crippen molar-refractivity contribution in [2.24, 2.45) is 0 Å². The second kappa shape index (κ2) is 17.4. The minimum Gasteiger partial charge on any atom is -0.497 e. The summed E-state index contributed by atoms with van der Waals surface area (Å²) in [6, 6.07) is 8.69. The smallest absolute Gasteiger partial charge is 0.119 e. The predicted octanol–water partition coefficient (Wildman–Crippen LogP) is 6.55. The molecule has 1 aliphatic heterocycles. The Hall–Kier alpha value is 0.0139. The average molecular weight is 432 g/mol. The van der Waals surface area contributed by atoms with Gasteiger partial charge in [0.1, 0.15) is 11.9 Å². The van der Waals surface area contributed by atoms with Crippen LogP contribution in [0.3, 0.4) is 0 Å². The molecule has 147 valence electrons. The summed E-state index contributed by atoms with van der Waals surface area (Å²) in [6.07, 6.45) is 1.22. The molecule has 0 saturated carbocycles. The molecule has 1 radical (unpaired) electrons. The van der Waals surface area contributed by atoms with Gasteiger partial charge in [0, 0.05) is 45.3 Å². The van der Waals surface area contributed by atoms with E-state index in [4.69, 9.17) is 4.74 Å². The van der Waals surface area contributed by atoms with E-state index in [0.717, 1.165) is 25.1 Å². The quantitative estimate of drug-likeness (QED) is 0.537. The van der Waals surface area contributed by atoms with E-state index in [1.165, 1.54) is 5.56 Å². The summed E-state index contributed by atoms with van der Waals surface area (Å²) in [5.41, 5.74) is 1.32. The minimum absolute atomic E-state index is 0. The maximum absolute atomic E-state index is 12.8. The van der Waals surface area contributed by atoms with Gasteiger partial charge in [0.25, 0.3) is 0 Å². The van der Waals surface area contributed by atoms with Crippen LogP contribution in [-0.2, 0) is 32.7 Å². The fraction of sp³-hybridized carbons (Fsp3) is 0.714. The number of methoxy groups -OCH3 is 1. The van der Waals surface area contributed by atoms with Crippen molar-refractivity contribution in [2.45, 2.75) is 80.9 Å².